The molecule has 0 aliphatic carbocycles. The summed E-state index contributed by atoms with van der Waals surface area (Å²) >= 11 is 3.30. The third kappa shape index (κ3) is 3.34. The molecule has 0 aliphatic rings. The molecule has 0 saturated carbocycles. The van der Waals surface area contributed by atoms with Gasteiger partial charge in [0.2, 0.25) is 0 Å². The van der Waals surface area contributed by atoms with Crippen molar-refractivity contribution in [1.82, 2.24) is 0 Å². The van der Waals surface area contributed by atoms with Crippen LogP contribution in [-0.4, -0.2) is 16.6 Å². The standard InChI is InChI=1S/C14H13BrN2O3/c15-12-8-11(17(19)20)6-7-13(12)16-14(9-18)10-4-2-1-3-5-10/h1-8,14,16,18H,9H2. The van der Waals surface area contributed by atoms with Gasteiger partial charge in [0.25, 0.3) is 5.69 Å². The minimum Gasteiger partial charge on any atom is -0.394 e. The molecule has 0 spiro atoms. The molecule has 0 amide bonds. The SMILES string of the molecule is O=[N+]([O-])c1ccc(NC(CO)c2ccccc2)c(Br)c1. The first kappa shape index (κ1) is 14.5. The van der Waals surface area contributed by atoms with Crippen LogP contribution in [-0.2, 0) is 0 Å². The van der Waals surface area contributed by atoms with E-state index in [2.05, 4.69) is 21.2 Å². The molecule has 2 aromatic rings. The van der Waals surface area contributed by atoms with Crippen LogP contribution in [0.25, 0.3) is 0 Å². The van der Waals surface area contributed by atoms with E-state index >= 15 is 0 Å². The van der Waals surface area contributed by atoms with E-state index in [0.717, 1.165) is 5.56 Å². The van der Waals surface area contributed by atoms with Crippen LogP contribution in [0.2, 0.25) is 0 Å². The fourth-order valence-corrected chi connectivity index (χ4v) is 2.32. The van der Waals surface area contributed by atoms with Gasteiger partial charge < -0.3 is 10.4 Å². The predicted molar refractivity (Wildman–Crippen MR) is 80.7 cm³/mol. The molecule has 0 bridgehead atoms. The second-order valence-electron chi connectivity index (χ2n) is 4.21. The van der Waals surface area contributed by atoms with Gasteiger partial charge in [-0.05, 0) is 27.6 Å². The van der Waals surface area contributed by atoms with Crippen LogP contribution in [0.4, 0.5) is 11.4 Å². The van der Waals surface area contributed by atoms with Gasteiger partial charge in [-0.3, -0.25) is 10.1 Å². The van der Waals surface area contributed by atoms with E-state index < -0.39 is 4.92 Å². The highest BCUT2D eigenvalue weighted by molar-refractivity contribution is 9.10. The van der Waals surface area contributed by atoms with Gasteiger partial charge in [-0.1, -0.05) is 30.3 Å². The first-order valence-corrected chi connectivity index (χ1v) is 6.77. The van der Waals surface area contributed by atoms with Crippen molar-refractivity contribution in [1.29, 1.82) is 0 Å². The van der Waals surface area contributed by atoms with Gasteiger partial charge in [0.15, 0.2) is 0 Å². The average molecular weight is 337 g/mol. The van der Waals surface area contributed by atoms with Gasteiger partial charge in [0.1, 0.15) is 0 Å². The maximum absolute atomic E-state index is 10.7. The zero-order chi connectivity index (χ0) is 14.5. The number of hydrogen-bond donors (Lipinski definition) is 2. The van der Waals surface area contributed by atoms with E-state index in [4.69, 9.17) is 0 Å². The molecule has 20 heavy (non-hydrogen) atoms. The maximum Gasteiger partial charge on any atom is 0.270 e. The number of nitro groups is 1. The molecule has 1 atom stereocenters. The number of nitro benzene ring substituents is 1. The van der Waals surface area contributed by atoms with E-state index in [9.17, 15) is 15.2 Å². The van der Waals surface area contributed by atoms with Gasteiger partial charge in [-0.25, -0.2) is 0 Å². The van der Waals surface area contributed by atoms with E-state index in [1.54, 1.807) is 6.07 Å². The first-order chi connectivity index (χ1) is 9.61. The molecule has 0 aliphatic heterocycles. The highest BCUT2D eigenvalue weighted by Crippen LogP contribution is 2.30. The van der Waals surface area contributed by atoms with Crippen molar-refractivity contribution in [3.63, 3.8) is 0 Å². The Kier molecular flexibility index (Phi) is 4.70. The quantitative estimate of drug-likeness (QED) is 0.647. The van der Waals surface area contributed by atoms with Gasteiger partial charge in [-0.2, -0.15) is 0 Å². The smallest absolute Gasteiger partial charge is 0.270 e. The number of anilines is 1. The van der Waals surface area contributed by atoms with E-state index in [1.807, 2.05) is 30.3 Å². The Morgan fingerprint density at radius 3 is 2.50 bits per heavy atom. The fourth-order valence-electron chi connectivity index (χ4n) is 1.84. The van der Waals surface area contributed by atoms with Crippen LogP contribution in [0.1, 0.15) is 11.6 Å². The van der Waals surface area contributed by atoms with Crippen molar-refractivity contribution in [3.05, 3.63) is 68.7 Å². The molecule has 0 aromatic heterocycles. The second kappa shape index (κ2) is 6.49. The Morgan fingerprint density at radius 1 is 1.25 bits per heavy atom. The minimum atomic E-state index is -0.449. The van der Waals surface area contributed by atoms with E-state index in [1.165, 1.54) is 12.1 Å². The molecule has 0 fully saturated rings. The Morgan fingerprint density at radius 2 is 1.95 bits per heavy atom. The number of halogens is 1. The van der Waals surface area contributed by atoms with Crippen LogP contribution < -0.4 is 5.32 Å². The van der Waals surface area contributed by atoms with Crippen LogP contribution in [0.3, 0.4) is 0 Å². The molecule has 2 N–H and O–H groups in total. The lowest BCUT2D eigenvalue weighted by Gasteiger charge is -2.18. The molecule has 6 heteroatoms. The molecule has 2 aromatic carbocycles. The summed E-state index contributed by atoms with van der Waals surface area (Å²) in [5.74, 6) is 0. The number of benzene rings is 2. The molecule has 1 unspecified atom stereocenters. The van der Waals surface area contributed by atoms with Crippen molar-refractivity contribution >= 4 is 27.3 Å². The summed E-state index contributed by atoms with van der Waals surface area (Å²) in [6.45, 7) is -0.0760. The third-order valence-electron chi connectivity index (χ3n) is 2.88. The van der Waals surface area contributed by atoms with Crippen LogP contribution in [0.5, 0.6) is 0 Å². The fraction of sp³-hybridized carbons (Fsp3) is 0.143. The second-order valence-corrected chi connectivity index (χ2v) is 5.07. The normalized spacial score (nSPS) is 11.9. The van der Waals surface area contributed by atoms with Crippen LogP contribution >= 0.6 is 15.9 Å². The molecule has 0 heterocycles. The van der Waals surface area contributed by atoms with Crippen LogP contribution in [0, 0.1) is 10.1 Å². The van der Waals surface area contributed by atoms with Crippen molar-refractivity contribution in [2.24, 2.45) is 0 Å². The number of aliphatic hydroxyl groups is 1. The molecule has 104 valence electrons. The summed E-state index contributed by atoms with van der Waals surface area (Å²) in [5, 5.41) is 23.3. The topological polar surface area (TPSA) is 75.4 Å². The zero-order valence-electron chi connectivity index (χ0n) is 10.5. The minimum absolute atomic E-state index is 0.0164. The molecular weight excluding hydrogens is 324 g/mol. The lowest BCUT2D eigenvalue weighted by molar-refractivity contribution is -0.384. The Hall–Kier alpha value is -1.92. The lowest BCUT2D eigenvalue weighted by atomic mass is 10.1. The Bertz CT molecular complexity index is 605. The highest BCUT2D eigenvalue weighted by Gasteiger charge is 2.14. The summed E-state index contributed by atoms with van der Waals surface area (Å²) in [4.78, 5) is 10.2. The number of hydrogen-bond acceptors (Lipinski definition) is 4. The van der Waals surface area contributed by atoms with Gasteiger partial charge >= 0.3 is 0 Å². The number of nitrogens with zero attached hydrogens (tertiary/aromatic N) is 1. The molecule has 2 rings (SSSR count). The Labute approximate surface area is 124 Å². The van der Waals surface area contributed by atoms with E-state index in [-0.39, 0.29) is 18.3 Å². The van der Waals surface area contributed by atoms with Crippen molar-refractivity contribution in [3.8, 4) is 0 Å². The maximum atomic E-state index is 10.7. The first-order valence-electron chi connectivity index (χ1n) is 5.98. The summed E-state index contributed by atoms with van der Waals surface area (Å²) < 4.78 is 0.584. The van der Waals surface area contributed by atoms with E-state index in [0.29, 0.717) is 10.2 Å². The third-order valence-corrected chi connectivity index (χ3v) is 3.53. The predicted octanol–water partition coefficient (Wildman–Crippen LogP) is 3.50. The average Bonchev–Trinajstić information content (AvgIpc) is 2.46. The highest BCUT2D eigenvalue weighted by atomic mass is 79.9. The van der Waals surface area contributed by atoms with Crippen molar-refractivity contribution < 1.29 is 10.0 Å². The molecule has 5 nitrogen and oxygen atoms in total. The number of nitrogens with one attached hydrogen (secondary N) is 1. The number of rotatable bonds is 5. The van der Waals surface area contributed by atoms with Gasteiger partial charge in [-0.15, -0.1) is 0 Å². The van der Waals surface area contributed by atoms with Gasteiger partial charge in [0.05, 0.1) is 17.6 Å². The summed E-state index contributed by atoms with van der Waals surface area (Å²) in [5.41, 5.74) is 1.65. The number of non-ortho nitro benzene ring substituents is 1. The zero-order valence-corrected chi connectivity index (χ0v) is 12.1. The lowest BCUT2D eigenvalue weighted by Crippen LogP contribution is -2.15. The Balaban J connectivity index is 2.22. The summed E-state index contributed by atoms with van der Waals surface area (Å²) in [6, 6.07) is 13.7. The summed E-state index contributed by atoms with van der Waals surface area (Å²) in [6.07, 6.45) is 0. The largest absolute Gasteiger partial charge is 0.394 e. The van der Waals surface area contributed by atoms with Gasteiger partial charge in [0, 0.05) is 22.3 Å². The van der Waals surface area contributed by atoms with Crippen molar-refractivity contribution in [2.45, 2.75) is 6.04 Å². The molecule has 0 radical (unpaired) electrons. The summed E-state index contributed by atoms with van der Waals surface area (Å²) in [7, 11) is 0. The van der Waals surface area contributed by atoms with Crippen LogP contribution in [0.15, 0.2) is 53.0 Å². The van der Waals surface area contributed by atoms with Crippen molar-refractivity contribution in [2.75, 3.05) is 11.9 Å². The molecular formula is C14H13BrN2O3. The molecule has 0 saturated heterocycles. The number of aliphatic hydroxyl groups excluding tert-OH is 1. The monoisotopic (exact) mass is 336 g/mol.